The Bertz CT molecular complexity index is 1350. The van der Waals surface area contributed by atoms with Crippen molar-refractivity contribution in [3.63, 3.8) is 0 Å². The summed E-state index contributed by atoms with van der Waals surface area (Å²) in [4.78, 5) is 27.8. The molecule has 6 heteroatoms. The summed E-state index contributed by atoms with van der Waals surface area (Å²) in [5, 5.41) is 9.73. The maximum Gasteiger partial charge on any atom is 0.336 e. The van der Waals surface area contributed by atoms with Crippen LogP contribution in [0.15, 0.2) is 72.8 Å². The zero-order valence-electron chi connectivity index (χ0n) is 20.4. The van der Waals surface area contributed by atoms with Gasteiger partial charge in [0.25, 0.3) is 5.91 Å². The van der Waals surface area contributed by atoms with E-state index in [4.69, 9.17) is 9.47 Å². The summed E-state index contributed by atoms with van der Waals surface area (Å²) in [6, 6.07) is 22.1. The van der Waals surface area contributed by atoms with Gasteiger partial charge in [0, 0.05) is 23.6 Å². The van der Waals surface area contributed by atoms with Crippen LogP contribution in [0.3, 0.4) is 0 Å². The van der Waals surface area contributed by atoms with Gasteiger partial charge >= 0.3 is 5.97 Å². The highest BCUT2D eigenvalue weighted by Crippen LogP contribution is 2.52. The molecule has 6 rings (SSSR count). The number of benzene rings is 3. The molecule has 36 heavy (non-hydrogen) atoms. The second-order valence-corrected chi connectivity index (χ2v) is 10.4. The fraction of sp³-hybridized carbons (Fsp3) is 0.333. The molecule has 3 aliphatic heterocycles. The zero-order valence-corrected chi connectivity index (χ0v) is 20.4. The van der Waals surface area contributed by atoms with E-state index in [1.807, 2.05) is 41.3 Å². The largest absolute Gasteiger partial charge is 0.487 e. The number of para-hydroxylation sites is 1. The highest BCUT2D eigenvalue weighted by atomic mass is 16.5. The number of carboxylic acid groups (broad SMARTS) is 1. The van der Waals surface area contributed by atoms with Crippen LogP contribution in [0.2, 0.25) is 0 Å². The Kier molecular flexibility index (Phi) is 5.38. The summed E-state index contributed by atoms with van der Waals surface area (Å²) < 4.78 is 13.1. The van der Waals surface area contributed by atoms with Crippen molar-refractivity contribution in [2.24, 2.45) is 5.92 Å². The molecular weight excluding hydrogens is 454 g/mol. The molecule has 0 bridgehead atoms. The van der Waals surface area contributed by atoms with Gasteiger partial charge in [-0.25, -0.2) is 4.79 Å². The van der Waals surface area contributed by atoms with Gasteiger partial charge in [-0.15, -0.1) is 0 Å². The lowest BCUT2D eigenvalue weighted by atomic mass is 9.74. The van der Waals surface area contributed by atoms with E-state index >= 15 is 0 Å². The third-order valence-corrected chi connectivity index (χ3v) is 8.02. The normalized spacial score (nSPS) is 25.8. The molecule has 4 atom stereocenters. The first-order valence-electron chi connectivity index (χ1n) is 12.5. The number of fused-ring (bicyclic) bond motifs is 4. The van der Waals surface area contributed by atoms with E-state index < -0.39 is 11.6 Å². The first kappa shape index (κ1) is 22.8. The second-order valence-electron chi connectivity index (χ2n) is 10.4. The molecule has 0 aliphatic carbocycles. The Labute approximate surface area is 210 Å². The molecule has 0 aromatic heterocycles. The molecule has 0 radical (unpaired) electrons. The van der Waals surface area contributed by atoms with E-state index in [1.54, 1.807) is 30.3 Å². The Morgan fingerprint density at radius 3 is 2.31 bits per heavy atom. The monoisotopic (exact) mass is 483 g/mol. The van der Waals surface area contributed by atoms with Crippen LogP contribution in [0.25, 0.3) is 11.1 Å². The number of carbonyl (C=O) groups is 2. The van der Waals surface area contributed by atoms with Gasteiger partial charge < -0.3 is 19.5 Å². The molecular formula is C30H29NO5. The van der Waals surface area contributed by atoms with Crippen molar-refractivity contribution in [1.82, 2.24) is 4.90 Å². The van der Waals surface area contributed by atoms with Crippen molar-refractivity contribution in [2.45, 2.75) is 50.5 Å². The topological polar surface area (TPSA) is 76.1 Å². The summed E-state index contributed by atoms with van der Waals surface area (Å²) >= 11 is 0. The second kappa shape index (κ2) is 8.49. The average Bonchev–Trinajstić information content (AvgIpc) is 3.30. The molecule has 3 aromatic carbocycles. The van der Waals surface area contributed by atoms with Gasteiger partial charge in [0.2, 0.25) is 0 Å². The Balaban J connectivity index is 1.33. The van der Waals surface area contributed by atoms with Crippen molar-refractivity contribution in [2.75, 3.05) is 6.54 Å². The van der Waals surface area contributed by atoms with Crippen LogP contribution in [0, 0.1) is 5.92 Å². The van der Waals surface area contributed by atoms with Gasteiger partial charge in [0.05, 0.1) is 23.8 Å². The third kappa shape index (κ3) is 3.59. The minimum absolute atomic E-state index is 0.0457. The maximum absolute atomic E-state index is 14.0. The molecule has 6 nitrogen and oxygen atoms in total. The van der Waals surface area contributed by atoms with E-state index in [2.05, 4.69) is 19.9 Å². The molecule has 2 fully saturated rings. The molecule has 0 unspecified atom stereocenters. The Morgan fingerprint density at radius 1 is 0.917 bits per heavy atom. The van der Waals surface area contributed by atoms with E-state index in [0.29, 0.717) is 23.2 Å². The van der Waals surface area contributed by atoms with Crippen LogP contribution >= 0.6 is 0 Å². The third-order valence-electron chi connectivity index (χ3n) is 8.02. The highest BCUT2D eigenvalue weighted by molar-refractivity contribution is 6.04. The summed E-state index contributed by atoms with van der Waals surface area (Å²) in [6.07, 6.45) is 1.46. The number of ether oxygens (including phenoxy) is 2. The molecule has 184 valence electrons. The van der Waals surface area contributed by atoms with Crippen molar-refractivity contribution >= 4 is 11.9 Å². The van der Waals surface area contributed by atoms with Gasteiger partial charge in [-0.3, -0.25) is 4.79 Å². The standard InChI is InChI=1S/C30H29NO5/c1-30(2)23-17-24-26(35-27(23)22-13-7-8-14-25(22)36-30)15-16-31(24)28(32)20-11-5-3-9-18(20)19-10-4-6-12-21(19)29(33)34/h3-14,23-24,26-27H,15-17H2,1-2H3,(H,33,34)/t23-,24+,26-,27+/m1/s1. The number of amides is 1. The number of hydrogen-bond acceptors (Lipinski definition) is 4. The number of rotatable bonds is 3. The van der Waals surface area contributed by atoms with E-state index in [-0.39, 0.29) is 35.6 Å². The summed E-state index contributed by atoms with van der Waals surface area (Å²) in [7, 11) is 0. The fourth-order valence-electron chi connectivity index (χ4n) is 6.25. The molecule has 0 spiro atoms. The summed E-state index contributed by atoms with van der Waals surface area (Å²) in [6.45, 7) is 4.80. The van der Waals surface area contributed by atoms with Gasteiger partial charge in [-0.1, -0.05) is 54.6 Å². The first-order chi connectivity index (χ1) is 17.3. The molecule has 1 N–H and O–H groups in total. The first-order valence-corrected chi connectivity index (χ1v) is 12.5. The van der Waals surface area contributed by atoms with Crippen LogP contribution in [-0.2, 0) is 4.74 Å². The van der Waals surface area contributed by atoms with Gasteiger partial charge in [-0.05, 0) is 56.0 Å². The predicted molar refractivity (Wildman–Crippen MR) is 135 cm³/mol. The van der Waals surface area contributed by atoms with Crippen LogP contribution in [-0.4, -0.2) is 46.2 Å². The molecule has 0 saturated carbocycles. The van der Waals surface area contributed by atoms with Crippen molar-refractivity contribution < 1.29 is 24.2 Å². The fourth-order valence-corrected chi connectivity index (χ4v) is 6.25. The lowest BCUT2D eigenvalue weighted by Crippen LogP contribution is -2.54. The molecule has 3 aliphatic rings. The van der Waals surface area contributed by atoms with E-state index in [9.17, 15) is 14.7 Å². The molecule has 1 amide bonds. The van der Waals surface area contributed by atoms with Crippen molar-refractivity contribution in [1.29, 1.82) is 0 Å². The van der Waals surface area contributed by atoms with Crippen molar-refractivity contribution in [3.8, 4) is 16.9 Å². The maximum atomic E-state index is 14.0. The highest BCUT2D eigenvalue weighted by Gasteiger charge is 2.53. The molecule has 3 aromatic rings. The number of aromatic carboxylic acids is 1. The molecule has 3 heterocycles. The van der Waals surface area contributed by atoms with E-state index in [0.717, 1.165) is 24.2 Å². The summed E-state index contributed by atoms with van der Waals surface area (Å²) in [5.41, 5.74) is 2.52. The van der Waals surface area contributed by atoms with Crippen LogP contribution < -0.4 is 4.74 Å². The number of nitrogens with zero attached hydrogens (tertiary/aromatic N) is 1. The smallest absolute Gasteiger partial charge is 0.336 e. The van der Waals surface area contributed by atoms with Crippen LogP contribution in [0.1, 0.15) is 59.1 Å². The zero-order chi connectivity index (χ0) is 25.0. The SMILES string of the molecule is CC1(C)Oc2ccccc2[C@@H]2O[C@@H]3CCN(C(=O)c4ccccc4-c4ccccc4C(=O)O)[C@H]3C[C@H]21. The van der Waals surface area contributed by atoms with Gasteiger partial charge in [0.1, 0.15) is 11.4 Å². The van der Waals surface area contributed by atoms with Gasteiger partial charge in [-0.2, -0.15) is 0 Å². The quantitative estimate of drug-likeness (QED) is 0.526. The Hall–Kier alpha value is -3.64. The minimum Gasteiger partial charge on any atom is -0.487 e. The predicted octanol–water partition coefficient (Wildman–Crippen LogP) is 5.58. The van der Waals surface area contributed by atoms with Crippen LogP contribution in [0.4, 0.5) is 0 Å². The lowest BCUT2D eigenvalue weighted by Gasteiger charge is -2.50. The molecule has 2 saturated heterocycles. The number of likely N-dealkylation sites (tertiary alicyclic amines) is 1. The number of carboxylic acids is 1. The average molecular weight is 484 g/mol. The summed E-state index contributed by atoms with van der Waals surface area (Å²) in [5.74, 6) is -0.125. The Morgan fingerprint density at radius 2 is 1.56 bits per heavy atom. The number of hydrogen-bond donors (Lipinski definition) is 1. The number of carbonyl (C=O) groups excluding carboxylic acids is 1. The van der Waals surface area contributed by atoms with Crippen molar-refractivity contribution in [3.05, 3.63) is 89.5 Å². The lowest BCUT2D eigenvalue weighted by molar-refractivity contribution is -0.159. The van der Waals surface area contributed by atoms with Crippen LogP contribution in [0.5, 0.6) is 5.75 Å². The minimum atomic E-state index is -1.01. The van der Waals surface area contributed by atoms with E-state index in [1.165, 1.54) is 0 Å². The van der Waals surface area contributed by atoms with Gasteiger partial charge in [0.15, 0.2) is 0 Å².